The van der Waals surface area contributed by atoms with Gasteiger partial charge >= 0.3 is 14.0 Å². The third-order valence-electron chi connectivity index (χ3n) is 8.10. The van der Waals surface area contributed by atoms with Crippen molar-refractivity contribution in [2.24, 2.45) is 11.8 Å². The Kier molecular flexibility index (Phi) is 6.83. The Bertz CT molecular complexity index is 1590. The number of fused-ring (bicyclic) bond motifs is 2. The molecule has 1 aliphatic carbocycles. The minimum absolute atomic E-state index is 0.0127. The summed E-state index contributed by atoms with van der Waals surface area (Å²) in [4.78, 5) is 25.4. The summed E-state index contributed by atoms with van der Waals surface area (Å²) in [5.74, 6) is 1.30. The highest BCUT2D eigenvalue weighted by Crippen LogP contribution is 2.58. The van der Waals surface area contributed by atoms with Crippen LogP contribution in [0.3, 0.4) is 0 Å². The largest absolute Gasteiger partial charge is 0.509 e. The van der Waals surface area contributed by atoms with Crippen molar-refractivity contribution in [3.63, 3.8) is 0 Å². The Morgan fingerprint density at radius 2 is 2.12 bits per heavy atom. The van der Waals surface area contributed by atoms with E-state index in [1.807, 2.05) is 6.07 Å². The topological polar surface area (TPSA) is 168 Å². The number of hydrogen-bond acceptors (Lipinski definition) is 13. The zero-order valence-electron chi connectivity index (χ0n) is 22.8. The summed E-state index contributed by atoms with van der Waals surface area (Å²) >= 11 is 6.12. The Hall–Kier alpha value is -3.00. The average Bonchev–Trinajstić information content (AvgIpc) is 3.22. The maximum Gasteiger partial charge on any atom is 0.509 e. The molecule has 224 valence electrons. The minimum atomic E-state index is -4.00. The standard InChI is InChI=1S/C26H29ClN5O9P/c1-13-8-15(13)10-35-22-19-21(30-24(28)31-22)32(12-29-19)23-26(2)20(39-25(33)40-26)18(38-23)11-37-42(34)36-7-6-17(41-42)14-4-3-5-16(27)9-14/h3-5,9,12-13,15,17-18,20,23H,6-8,10-11H2,1-2H3,(H2,28,30,31)/t13?,15?,17-,18+,20+,23+,26+,42+/m0/s1. The van der Waals surface area contributed by atoms with Gasteiger partial charge in [-0.1, -0.05) is 30.7 Å². The number of halogens is 1. The van der Waals surface area contributed by atoms with Gasteiger partial charge in [-0.15, -0.1) is 0 Å². The molecular weight excluding hydrogens is 593 g/mol. The molecule has 0 bridgehead atoms. The number of aromatic nitrogens is 4. The minimum Gasteiger partial charge on any atom is -0.476 e. The molecule has 14 nitrogen and oxygen atoms in total. The van der Waals surface area contributed by atoms with Gasteiger partial charge in [0.1, 0.15) is 6.10 Å². The fraction of sp³-hybridized carbons (Fsp3) is 0.538. The van der Waals surface area contributed by atoms with E-state index in [1.165, 1.54) is 6.33 Å². The van der Waals surface area contributed by atoms with E-state index < -0.39 is 44.1 Å². The van der Waals surface area contributed by atoms with Crippen LogP contribution in [-0.4, -0.2) is 63.3 Å². The number of benzene rings is 1. The second-order valence-electron chi connectivity index (χ2n) is 11.1. The van der Waals surface area contributed by atoms with Crippen LogP contribution in [-0.2, 0) is 32.3 Å². The Morgan fingerprint density at radius 1 is 1.29 bits per heavy atom. The predicted molar refractivity (Wildman–Crippen MR) is 146 cm³/mol. The summed E-state index contributed by atoms with van der Waals surface area (Å²) in [6, 6.07) is 7.09. The molecular formula is C26H29ClN5O9P. The normalized spacial score (nSPS) is 35.5. The smallest absolute Gasteiger partial charge is 0.476 e. The molecule has 8 atom stereocenters. The first-order valence-corrected chi connectivity index (χ1v) is 15.5. The zero-order chi connectivity index (χ0) is 29.2. The first-order chi connectivity index (χ1) is 20.1. The molecule has 4 fully saturated rings. The van der Waals surface area contributed by atoms with Gasteiger partial charge in [0.25, 0.3) is 0 Å². The van der Waals surface area contributed by atoms with Crippen LogP contribution in [0.15, 0.2) is 30.6 Å². The second kappa shape index (κ2) is 10.3. The molecule has 0 radical (unpaired) electrons. The lowest BCUT2D eigenvalue weighted by atomic mass is 9.96. The molecule has 2 N–H and O–H groups in total. The van der Waals surface area contributed by atoms with Crippen molar-refractivity contribution in [3.05, 3.63) is 41.2 Å². The average molecular weight is 622 g/mol. The molecule has 5 heterocycles. The van der Waals surface area contributed by atoms with Gasteiger partial charge in [-0.2, -0.15) is 9.97 Å². The number of carbonyl (C=O) groups excluding carboxylic acids is 1. The van der Waals surface area contributed by atoms with E-state index in [1.54, 1.807) is 29.7 Å². The number of anilines is 1. The van der Waals surface area contributed by atoms with Gasteiger partial charge in [-0.25, -0.2) is 14.3 Å². The number of ether oxygens (including phenoxy) is 4. The van der Waals surface area contributed by atoms with Crippen LogP contribution < -0.4 is 10.5 Å². The first kappa shape index (κ1) is 27.8. The molecule has 3 aliphatic heterocycles. The highest BCUT2D eigenvalue weighted by Gasteiger charge is 2.64. The molecule has 1 aromatic carbocycles. The molecule has 2 aromatic heterocycles. The summed E-state index contributed by atoms with van der Waals surface area (Å²) in [6.07, 6.45) is -1.15. The number of hydrogen-bond donors (Lipinski definition) is 1. The Balaban J connectivity index is 1.11. The van der Waals surface area contributed by atoms with Crippen molar-refractivity contribution in [2.75, 3.05) is 25.6 Å². The van der Waals surface area contributed by atoms with E-state index in [2.05, 4.69) is 21.9 Å². The lowest BCUT2D eigenvalue weighted by Crippen LogP contribution is -2.42. The van der Waals surface area contributed by atoms with Gasteiger partial charge in [-0.05, 0) is 42.9 Å². The number of rotatable bonds is 8. The van der Waals surface area contributed by atoms with Crippen molar-refractivity contribution in [1.29, 1.82) is 0 Å². The van der Waals surface area contributed by atoms with Crippen molar-refractivity contribution >= 4 is 42.7 Å². The van der Waals surface area contributed by atoms with Crippen molar-refractivity contribution < 1.29 is 41.9 Å². The molecule has 0 amide bonds. The second-order valence-corrected chi connectivity index (χ2v) is 13.2. The summed E-state index contributed by atoms with van der Waals surface area (Å²) in [5.41, 5.74) is 6.16. The number of carbonyl (C=O) groups is 1. The van der Waals surface area contributed by atoms with Gasteiger partial charge in [-0.3, -0.25) is 18.1 Å². The van der Waals surface area contributed by atoms with E-state index in [0.717, 1.165) is 12.0 Å². The molecule has 4 aliphatic rings. The first-order valence-electron chi connectivity index (χ1n) is 13.6. The van der Waals surface area contributed by atoms with E-state index in [9.17, 15) is 9.36 Å². The molecule has 1 saturated carbocycles. The highest BCUT2D eigenvalue weighted by atomic mass is 35.5. The molecule has 2 unspecified atom stereocenters. The van der Waals surface area contributed by atoms with E-state index in [-0.39, 0.29) is 25.0 Å². The summed E-state index contributed by atoms with van der Waals surface area (Å²) in [5, 5.41) is 0.529. The summed E-state index contributed by atoms with van der Waals surface area (Å²) in [6.45, 7) is 4.18. The maximum absolute atomic E-state index is 13.4. The molecule has 16 heteroatoms. The van der Waals surface area contributed by atoms with Gasteiger partial charge in [0.05, 0.1) is 32.3 Å². The molecule has 7 rings (SSSR count). The maximum atomic E-state index is 13.4. The fourth-order valence-electron chi connectivity index (χ4n) is 5.63. The van der Waals surface area contributed by atoms with Gasteiger partial charge in [0.15, 0.2) is 29.1 Å². The van der Waals surface area contributed by atoms with E-state index in [4.69, 9.17) is 49.9 Å². The third kappa shape index (κ3) is 4.99. The molecule has 3 saturated heterocycles. The Morgan fingerprint density at radius 3 is 2.90 bits per heavy atom. The third-order valence-corrected chi connectivity index (χ3v) is 9.81. The fourth-order valence-corrected chi connectivity index (χ4v) is 7.22. The van der Waals surface area contributed by atoms with Crippen LogP contribution in [0.4, 0.5) is 10.7 Å². The van der Waals surface area contributed by atoms with Crippen LogP contribution >= 0.6 is 19.4 Å². The van der Waals surface area contributed by atoms with Crippen LogP contribution in [0.5, 0.6) is 5.88 Å². The van der Waals surface area contributed by atoms with E-state index in [0.29, 0.717) is 41.1 Å². The number of nitrogens with two attached hydrogens (primary N) is 1. The number of phosphoric acid groups is 1. The predicted octanol–water partition coefficient (Wildman–Crippen LogP) is 4.59. The van der Waals surface area contributed by atoms with Crippen molar-refractivity contribution in [1.82, 2.24) is 19.5 Å². The van der Waals surface area contributed by atoms with Crippen molar-refractivity contribution in [2.45, 2.75) is 56.8 Å². The van der Waals surface area contributed by atoms with E-state index >= 15 is 0 Å². The lowest BCUT2D eigenvalue weighted by Gasteiger charge is -2.30. The quantitative estimate of drug-likeness (QED) is 0.274. The van der Waals surface area contributed by atoms with Crippen molar-refractivity contribution in [3.8, 4) is 5.88 Å². The zero-order valence-corrected chi connectivity index (χ0v) is 24.4. The molecule has 3 aromatic rings. The lowest BCUT2D eigenvalue weighted by molar-refractivity contribution is -0.0925. The van der Waals surface area contributed by atoms with Gasteiger partial charge in [0.2, 0.25) is 11.8 Å². The number of nitrogen functional groups attached to an aromatic ring is 1. The molecule has 0 spiro atoms. The van der Waals surface area contributed by atoms with Gasteiger partial charge in [0, 0.05) is 11.4 Å². The van der Waals surface area contributed by atoms with Crippen LogP contribution in [0.2, 0.25) is 5.02 Å². The number of phosphoric ester groups is 1. The van der Waals surface area contributed by atoms with Crippen LogP contribution in [0.1, 0.15) is 44.6 Å². The van der Waals surface area contributed by atoms with Crippen LogP contribution in [0, 0.1) is 11.8 Å². The number of nitrogens with zero attached hydrogens (tertiary/aromatic N) is 4. The summed E-state index contributed by atoms with van der Waals surface area (Å²) < 4.78 is 55.2. The summed E-state index contributed by atoms with van der Waals surface area (Å²) in [7, 11) is -4.00. The monoisotopic (exact) mass is 621 g/mol. The van der Waals surface area contributed by atoms with Crippen LogP contribution in [0.25, 0.3) is 11.2 Å². The number of imidazole rings is 1. The van der Waals surface area contributed by atoms with Gasteiger partial charge < -0.3 is 24.7 Å². The Labute approximate surface area is 245 Å². The highest BCUT2D eigenvalue weighted by molar-refractivity contribution is 7.48. The SMILES string of the molecule is CC1CC1COc1nc(N)nc2c1ncn2[C@@H]1O[C@H](CO[P@@]2(=O)OCC[C@@H](c3cccc(Cl)c3)O2)[C@H]2OC(=O)O[C@]21C. The molecule has 42 heavy (non-hydrogen) atoms.